The Hall–Kier alpha value is -2.95. The van der Waals surface area contributed by atoms with Gasteiger partial charge in [0, 0.05) is 30.8 Å². The fourth-order valence-electron chi connectivity index (χ4n) is 4.65. The molecule has 1 aliphatic heterocycles. The minimum Gasteiger partial charge on any atom is -0.352 e. The summed E-state index contributed by atoms with van der Waals surface area (Å²) in [7, 11) is 0. The van der Waals surface area contributed by atoms with E-state index < -0.39 is 57.8 Å². The van der Waals surface area contributed by atoms with Crippen molar-refractivity contribution in [2.45, 2.75) is 30.5 Å². The number of rotatable bonds is 4. The molecule has 1 saturated heterocycles. The molecule has 2 fully saturated rings. The van der Waals surface area contributed by atoms with Gasteiger partial charge in [0.2, 0.25) is 5.91 Å². The first-order valence-electron chi connectivity index (χ1n) is 10.0. The van der Waals surface area contributed by atoms with Crippen molar-refractivity contribution in [3.05, 3.63) is 63.9 Å². The summed E-state index contributed by atoms with van der Waals surface area (Å²) in [4.78, 5) is 30.4. The second-order valence-corrected chi connectivity index (χ2v) is 8.40. The third-order valence-electron chi connectivity index (χ3n) is 6.12. The number of urea groups is 1. The third-order valence-corrected chi connectivity index (χ3v) is 6.47. The molecule has 4 rings (SSSR count). The summed E-state index contributed by atoms with van der Waals surface area (Å²) in [6, 6.07) is 2.75. The monoisotopic (exact) mass is 488 g/mol. The standard InChI is InChI=1S/C21H18ClF5N4O2/c22-16-13(23)5-4-12(17(16)24)15(10-1-6-14(30-9-10)21(25,26)27)20(11-2-3-11)18(32)29-7-8-31(20)19(28)33/h1,4-6,9,11,15H,2-3,7-8H2,(H2,28,33)(H,29,32)/t15-,20-/m1/s1. The fourth-order valence-corrected chi connectivity index (χ4v) is 4.83. The molecular formula is C21H18ClF5N4O2. The van der Waals surface area contributed by atoms with Gasteiger partial charge in [-0.15, -0.1) is 0 Å². The number of carbonyl (C=O) groups is 2. The van der Waals surface area contributed by atoms with E-state index in [2.05, 4.69) is 10.3 Å². The Kier molecular flexibility index (Phi) is 5.71. The summed E-state index contributed by atoms with van der Waals surface area (Å²) in [5, 5.41) is 1.82. The minimum atomic E-state index is -4.73. The van der Waals surface area contributed by atoms with Crippen LogP contribution in [-0.4, -0.2) is 40.5 Å². The van der Waals surface area contributed by atoms with E-state index in [1.807, 2.05) is 0 Å². The number of alkyl halides is 3. The lowest BCUT2D eigenvalue weighted by atomic mass is 9.69. The van der Waals surface area contributed by atoms with Crippen LogP contribution in [0.2, 0.25) is 5.02 Å². The maximum atomic E-state index is 15.3. The molecule has 1 aromatic carbocycles. The first-order valence-corrected chi connectivity index (χ1v) is 10.4. The van der Waals surface area contributed by atoms with E-state index in [-0.39, 0.29) is 24.2 Å². The normalized spacial score (nSPS) is 22.1. The van der Waals surface area contributed by atoms with Crippen molar-refractivity contribution in [2.75, 3.05) is 13.1 Å². The Morgan fingerprint density at radius 2 is 1.94 bits per heavy atom. The number of benzene rings is 1. The number of piperazine rings is 1. The van der Waals surface area contributed by atoms with E-state index in [9.17, 15) is 27.2 Å². The van der Waals surface area contributed by atoms with Crippen LogP contribution in [0.25, 0.3) is 0 Å². The minimum absolute atomic E-state index is 0.00131. The Morgan fingerprint density at radius 1 is 1.24 bits per heavy atom. The molecule has 3 amide bonds. The zero-order valence-corrected chi connectivity index (χ0v) is 17.7. The SMILES string of the molecule is NC(=O)N1CCNC(=O)[C@@]1(C1CC1)[C@H](c1ccc(C(F)(F)F)nc1)c1ccc(F)c(Cl)c1F. The van der Waals surface area contributed by atoms with E-state index in [4.69, 9.17) is 17.3 Å². The van der Waals surface area contributed by atoms with Crippen LogP contribution < -0.4 is 11.1 Å². The van der Waals surface area contributed by atoms with Crippen molar-refractivity contribution >= 4 is 23.5 Å². The fraction of sp³-hybridized carbons (Fsp3) is 0.381. The van der Waals surface area contributed by atoms with Crippen molar-refractivity contribution in [1.29, 1.82) is 0 Å². The lowest BCUT2D eigenvalue weighted by Gasteiger charge is -2.50. The van der Waals surface area contributed by atoms with Gasteiger partial charge in [0.15, 0.2) is 0 Å². The molecule has 0 spiro atoms. The highest BCUT2D eigenvalue weighted by Crippen LogP contribution is 2.54. The van der Waals surface area contributed by atoms with Crippen molar-refractivity contribution < 1.29 is 31.5 Å². The Labute approximate surface area is 189 Å². The molecule has 6 nitrogen and oxygen atoms in total. The number of halogens is 6. The van der Waals surface area contributed by atoms with Gasteiger partial charge in [0.05, 0.1) is 0 Å². The predicted molar refractivity (Wildman–Crippen MR) is 107 cm³/mol. The predicted octanol–water partition coefficient (Wildman–Crippen LogP) is 3.82. The van der Waals surface area contributed by atoms with Crippen LogP contribution in [0, 0.1) is 17.6 Å². The second-order valence-electron chi connectivity index (χ2n) is 8.02. The van der Waals surface area contributed by atoms with Crippen LogP contribution in [0.5, 0.6) is 0 Å². The zero-order valence-electron chi connectivity index (χ0n) is 16.9. The maximum absolute atomic E-state index is 15.3. The van der Waals surface area contributed by atoms with Crippen LogP contribution in [0.1, 0.15) is 35.6 Å². The summed E-state index contributed by atoms with van der Waals surface area (Å²) in [5.74, 6) is -4.71. The van der Waals surface area contributed by atoms with E-state index in [0.717, 1.165) is 29.3 Å². The molecule has 1 aromatic heterocycles. The van der Waals surface area contributed by atoms with E-state index in [0.29, 0.717) is 18.9 Å². The van der Waals surface area contributed by atoms with E-state index >= 15 is 4.39 Å². The number of carbonyl (C=O) groups excluding carboxylic acids is 2. The Morgan fingerprint density at radius 3 is 2.48 bits per heavy atom. The van der Waals surface area contributed by atoms with Gasteiger partial charge in [0.1, 0.15) is 27.9 Å². The molecule has 0 unspecified atom stereocenters. The van der Waals surface area contributed by atoms with Gasteiger partial charge < -0.3 is 16.0 Å². The van der Waals surface area contributed by atoms with Crippen molar-refractivity contribution in [3.63, 3.8) is 0 Å². The summed E-state index contributed by atoms with van der Waals surface area (Å²) in [6.07, 6.45) is -2.89. The number of hydrogen-bond donors (Lipinski definition) is 2. The molecular weight excluding hydrogens is 471 g/mol. The number of amides is 3. The smallest absolute Gasteiger partial charge is 0.352 e. The average Bonchev–Trinajstić information content (AvgIpc) is 3.60. The van der Waals surface area contributed by atoms with Gasteiger partial charge in [-0.3, -0.25) is 9.78 Å². The molecule has 2 aromatic rings. The number of aromatic nitrogens is 1. The molecule has 3 N–H and O–H groups in total. The summed E-state index contributed by atoms with van der Waals surface area (Å²) in [5.41, 5.74) is 2.39. The van der Waals surface area contributed by atoms with Gasteiger partial charge in [-0.2, -0.15) is 13.2 Å². The highest BCUT2D eigenvalue weighted by Gasteiger charge is 2.63. The molecule has 2 heterocycles. The first-order chi connectivity index (χ1) is 15.5. The highest BCUT2D eigenvalue weighted by molar-refractivity contribution is 6.31. The number of nitrogens with two attached hydrogens (primary N) is 1. The maximum Gasteiger partial charge on any atom is 0.433 e. The Balaban J connectivity index is 2.01. The van der Waals surface area contributed by atoms with Crippen LogP contribution in [0.4, 0.5) is 26.7 Å². The van der Waals surface area contributed by atoms with Gasteiger partial charge >= 0.3 is 12.2 Å². The quantitative estimate of drug-likeness (QED) is 0.506. The summed E-state index contributed by atoms with van der Waals surface area (Å²) in [6.45, 7) is 0.0829. The van der Waals surface area contributed by atoms with Crippen molar-refractivity contribution in [3.8, 4) is 0 Å². The third kappa shape index (κ3) is 3.77. The molecule has 12 heteroatoms. The largest absolute Gasteiger partial charge is 0.433 e. The average molecular weight is 489 g/mol. The molecule has 2 atom stereocenters. The molecule has 0 bridgehead atoms. The summed E-state index contributed by atoms with van der Waals surface area (Å²) >= 11 is 5.79. The molecule has 2 aliphatic rings. The number of hydrogen-bond acceptors (Lipinski definition) is 3. The van der Waals surface area contributed by atoms with Crippen molar-refractivity contribution in [2.24, 2.45) is 11.7 Å². The van der Waals surface area contributed by atoms with E-state index in [1.54, 1.807) is 0 Å². The Bertz CT molecular complexity index is 1110. The van der Waals surface area contributed by atoms with Gasteiger partial charge in [-0.25, -0.2) is 13.6 Å². The van der Waals surface area contributed by atoms with Gasteiger partial charge in [-0.05, 0) is 36.5 Å². The lowest BCUT2D eigenvalue weighted by Crippen LogP contribution is -2.71. The second kappa shape index (κ2) is 8.12. The van der Waals surface area contributed by atoms with Crippen LogP contribution >= 0.6 is 11.6 Å². The molecule has 0 radical (unpaired) electrons. The van der Waals surface area contributed by atoms with Gasteiger partial charge in [0.25, 0.3) is 0 Å². The van der Waals surface area contributed by atoms with Gasteiger partial charge in [-0.1, -0.05) is 23.7 Å². The number of nitrogens with zero attached hydrogens (tertiary/aromatic N) is 2. The molecule has 1 aliphatic carbocycles. The van der Waals surface area contributed by atoms with Crippen LogP contribution in [0.3, 0.4) is 0 Å². The molecule has 176 valence electrons. The first kappa shape index (κ1) is 23.2. The number of primary amides is 1. The number of pyridine rings is 1. The zero-order chi connectivity index (χ0) is 24.1. The lowest BCUT2D eigenvalue weighted by molar-refractivity contribution is -0.141. The topological polar surface area (TPSA) is 88.3 Å². The van der Waals surface area contributed by atoms with Crippen LogP contribution in [-0.2, 0) is 11.0 Å². The van der Waals surface area contributed by atoms with Crippen LogP contribution in [0.15, 0.2) is 30.5 Å². The number of nitrogens with one attached hydrogen (secondary N) is 1. The summed E-state index contributed by atoms with van der Waals surface area (Å²) < 4.78 is 68.5. The van der Waals surface area contributed by atoms with E-state index in [1.165, 1.54) is 0 Å². The molecule has 1 saturated carbocycles. The highest BCUT2D eigenvalue weighted by atomic mass is 35.5. The molecule has 33 heavy (non-hydrogen) atoms. The van der Waals surface area contributed by atoms with Crippen molar-refractivity contribution in [1.82, 2.24) is 15.2 Å².